The Labute approximate surface area is 297 Å². The Bertz CT molecular complexity index is 2470. The molecule has 0 fully saturated rings. The molecule has 0 radical (unpaired) electrons. The summed E-state index contributed by atoms with van der Waals surface area (Å²) in [4.78, 5) is 2.36. The van der Waals surface area contributed by atoms with Gasteiger partial charge in [0.1, 0.15) is 0 Å². The molecule has 0 N–H and O–H groups in total. The van der Waals surface area contributed by atoms with Crippen LogP contribution < -0.4 is 4.90 Å². The van der Waals surface area contributed by atoms with Gasteiger partial charge in [-0.2, -0.15) is 0 Å². The van der Waals surface area contributed by atoms with Crippen LogP contribution in [0.2, 0.25) is 0 Å². The van der Waals surface area contributed by atoms with Crippen molar-refractivity contribution in [1.82, 2.24) is 0 Å². The van der Waals surface area contributed by atoms with Gasteiger partial charge in [-0.15, -0.1) is 11.3 Å². The monoisotopic (exact) mass is 657 g/mol. The molecule has 1 heterocycles. The maximum absolute atomic E-state index is 2.38. The third-order valence-electron chi connectivity index (χ3n) is 9.85. The Balaban J connectivity index is 1.04. The first-order chi connectivity index (χ1) is 24.8. The number of anilines is 3. The Hall–Kier alpha value is -5.96. The van der Waals surface area contributed by atoms with E-state index in [1.807, 2.05) is 11.3 Å². The van der Waals surface area contributed by atoms with E-state index in [-0.39, 0.29) is 0 Å². The highest BCUT2D eigenvalue weighted by molar-refractivity contribution is 7.25. The summed E-state index contributed by atoms with van der Waals surface area (Å²) in [7, 11) is 0. The van der Waals surface area contributed by atoms with Gasteiger partial charge in [-0.3, -0.25) is 0 Å². The van der Waals surface area contributed by atoms with Gasteiger partial charge in [0.25, 0.3) is 0 Å². The Morgan fingerprint density at radius 1 is 0.440 bits per heavy atom. The fraction of sp³-hybridized carbons (Fsp3) is 0.0417. The Morgan fingerprint density at radius 2 is 0.960 bits per heavy atom. The van der Waals surface area contributed by atoms with Crippen LogP contribution in [0.25, 0.3) is 48.0 Å². The topological polar surface area (TPSA) is 3.24 Å². The smallest absolute Gasteiger partial charge is 0.0462 e. The highest BCUT2D eigenvalue weighted by Gasteiger charge is 2.16. The summed E-state index contributed by atoms with van der Waals surface area (Å²) in [6.45, 7) is 0. The van der Waals surface area contributed by atoms with E-state index in [0.717, 1.165) is 23.5 Å². The number of fused-ring (bicyclic) bond motifs is 3. The minimum Gasteiger partial charge on any atom is -0.311 e. The molecule has 1 aliphatic carbocycles. The number of thiophene rings is 1. The molecule has 1 nitrogen and oxygen atoms in total. The highest BCUT2D eigenvalue weighted by Crippen LogP contribution is 2.40. The van der Waals surface area contributed by atoms with Crippen molar-refractivity contribution in [3.8, 4) is 22.3 Å². The summed E-state index contributed by atoms with van der Waals surface area (Å²) in [5.41, 5.74) is 12.1. The second kappa shape index (κ2) is 13.2. The molecular weight excluding hydrogens is 623 g/mol. The molecule has 9 rings (SSSR count). The first kappa shape index (κ1) is 30.1. The summed E-state index contributed by atoms with van der Waals surface area (Å²) in [5, 5.41) is 2.65. The molecule has 0 aliphatic heterocycles. The van der Waals surface area contributed by atoms with Crippen LogP contribution in [0.1, 0.15) is 23.5 Å². The molecule has 1 unspecified atom stereocenters. The normalized spacial score (nSPS) is 14.2. The second-order valence-corrected chi connectivity index (χ2v) is 14.0. The van der Waals surface area contributed by atoms with Crippen LogP contribution in [0.15, 0.2) is 194 Å². The molecule has 50 heavy (non-hydrogen) atoms. The van der Waals surface area contributed by atoms with Gasteiger partial charge in [-0.25, -0.2) is 0 Å². The van der Waals surface area contributed by atoms with Crippen molar-refractivity contribution in [1.29, 1.82) is 0 Å². The molecule has 0 saturated heterocycles. The summed E-state index contributed by atoms with van der Waals surface area (Å²) < 4.78 is 2.66. The molecule has 0 amide bonds. The van der Waals surface area contributed by atoms with E-state index >= 15 is 0 Å². The van der Waals surface area contributed by atoms with Crippen LogP contribution in [-0.2, 0) is 0 Å². The van der Waals surface area contributed by atoms with Crippen molar-refractivity contribution in [2.24, 2.45) is 0 Å². The zero-order chi connectivity index (χ0) is 33.3. The van der Waals surface area contributed by atoms with E-state index in [2.05, 4.69) is 199 Å². The van der Waals surface area contributed by atoms with Gasteiger partial charge in [0, 0.05) is 43.2 Å². The van der Waals surface area contributed by atoms with E-state index in [0.29, 0.717) is 5.92 Å². The summed E-state index contributed by atoms with van der Waals surface area (Å²) in [6, 6.07) is 63.9. The van der Waals surface area contributed by atoms with Crippen molar-refractivity contribution < 1.29 is 0 Å². The lowest BCUT2D eigenvalue weighted by Gasteiger charge is -2.26. The van der Waals surface area contributed by atoms with E-state index in [9.17, 15) is 0 Å². The van der Waals surface area contributed by atoms with Gasteiger partial charge in [-0.1, -0.05) is 140 Å². The zero-order valence-corrected chi connectivity index (χ0v) is 28.4. The second-order valence-electron chi connectivity index (χ2n) is 12.9. The molecule has 1 atom stereocenters. The minimum atomic E-state index is 0.433. The lowest BCUT2D eigenvalue weighted by atomic mass is 9.88. The van der Waals surface area contributed by atoms with Crippen LogP contribution in [0, 0.1) is 0 Å². The number of hydrogen-bond acceptors (Lipinski definition) is 2. The fourth-order valence-electron chi connectivity index (χ4n) is 7.17. The first-order valence-corrected chi connectivity index (χ1v) is 18.1. The highest BCUT2D eigenvalue weighted by atomic mass is 32.1. The molecule has 8 aromatic rings. The van der Waals surface area contributed by atoms with Crippen molar-refractivity contribution in [3.63, 3.8) is 0 Å². The fourth-order valence-corrected chi connectivity index (χ4v) is 8.26. The lowest BCUT2D eigenvalue weighted by Crippen LogP contribution is -2.10. The van der Waals surface area contributed by atoms with E-state index in [4.69, 9.17) is 0 Å². The van der Waals surface area contributed by atoms with Crippen molar-refractivity contribution >= 4 is 54.1 Å². The van der Waals surface area contributed by atoms with Crippen LogP contribution in [0.3, 0.4) is 0 Å². The largest absolute Gasteiger partial charge is 0.311 e. The molecular formula is C48H35NS. The maximum Gasteiger partial charge on any atom is 0.0462 e. The molecule has 1 aromatic heterocycles. The maximum atomic E-state index is 2.38. The molecule has 1 aliphatic rings. The molecule has 0 spiro atoms. The Kier molecular flexibility index (Phi) is 7.93. The third-order valence-corrected chi connectivity index (χ3v) is 11.0. The summed E-state index contributed by atoms with van der Waals surface area (Å²) in [5.74, 6) is 0.433. The first-order valence-electron chi connectivity index (χ1n) is 17.3. The van der Waals surface area contributed by atoms with Crippen LogP contribution >= 0.6 is 11.3 Å². The van der Waals surface area contributed by atoms with Crippen LogP contribution in [0.4, 0.5) is 17.1 Å². The summed E-state index contributed by atoms with van der Waals surface area (Å²) in [6.07, 6.45) is 8.02. The molecule has 7 aromatic carbocycles. The quantitative estimate of drug-likeness (QED) is 0.165. The molecule has 238 valence electrons. The van der Waals surface area contributed by atoms with Crippen molar-refractivity contribution in [2.75, 3.05) is 4.90 Å². The average Bonchev–Trinajstić information content (AvgIpc) is 3.58. The van der Waals surface area contributed by atoms with E-state index < -0.39 is 0 Å². The van der Waals surface area contributed by atoms with Gasteiger partial charge in [0.15, 0.2) is 0 Å². The van der Waals surface area contributed by atoms with Crippen LogP contribution in [-0.4, -0.2) is 0 Å². The number of hydrogen-bond donors (Lipinski definition) is 0. The van der Waals surface area contributed by atoms with Gasteiger partial charge >= 0.3 is 0 Å². The predicted octanol–water partition coefficient (Wildman–Crippen LogP) is 14.0. The standard InChI is InChI=1S/C48H35NS/c1-3-9-34(10-4-1)36-15-17-37(18-16-36)39-21-28-43(29-22-39)49(42-26-19-38(20-27-42)35-11-5-2-6-12-35)44-30-23-40(24-31-44)41-25-32-48-46(33-41)45-13-7-8-14-47(45)50-48/h1-15,17-33,36H,16H2. The number of nitrogens with zero attached hydrogens (tertiary/aromatic N) is 1. The SMILES string of the molecule is C1=CC(c2ccccc2)CC=C1c1ccc(N(c2ccc(-c3ccccc3)cc2)c2ccc(-c3ccc4sc5ccccc5c4c3)cc2)cc1. The van der Waals surface area contributed by atoms with E-state index in [1.165, 1.54) is 59.1 Å². The van der Waals surface area contributed by atoms with Crippen molar-refractivity contribution in [2.45, 2.75) is 12.3 Å². The molecule has 2 heteroatoms. The van der Waals surface area contributed by atoms with Gasteiger partial charge < -0.3 is 4.90 Å². The van der Waals surface area contributed by atoms with Gasteiger partial charge in [-0.05, 0) is 100.0 Å². The third kappa shape index (κ3) is 5.85. The average molecular weight is 658 g/mol. The zero-order valence-electron chi connectivity index (χ0n) is 27.6. The molecule has 0 bridgehead atoms. The number of benzene rings is 7. The van der Waals surface area contributed by atoms with Gasteiger partial charge in [0.05, 0.1) is 0 Å². The van der Waals surface area contributed by atoms with E-state index in [1.54, 1.807) is 0 Å². The lowest BCUT2D eigenvalue weighted by molar-refractivity contribution is 0.856. The molecule has 0 saturated carbocycles. The minimum absolute atomic E-state index is 0.433. The summed E-state index contributed by atoms with van der Waals surface area (Å²) >= 11 is 1.86. The van der Waals surface area contributed by atoms with Crippen molar-refractivity contribution in [3.05, 3.63) is 205 Å². The Morgan fingerprint density at radius 3 is 1.60 bits per heavy atom. The predicted molar refractivity (Wildman–Crippen MR) is 216 cm³/mol. The number of allylic oxidation sites excluding steroid dienone is 4. The van der Waals surface area contributed by atoms with Gasteiger partial charge in [0.2, 0.25) is 0 Å². The van der Waals surface area contributed by atoms with Crippen LogP contribution in [0.5, 0.6) is 0 Å². The number of rotatable bonds is 7.